The Morgan fingerprint density at radius 1 is 1.32 bits per heavy atom. The summed E-state index contributed by atoms with van der Waals surface area (Å²) in [6, 6.07) is -0.510. The van der Waals surface area contributed by atoms with Crippen molar-refractivity contribution >= 4 is 55.0 Å². The lowest BCUT2D eigenvalue weighted by Crippen LogP contribution is -2.48. The van der Waals surface area contributed by atoms with E-state index >= 15 is 0 Å². The highest BCUT2D eigenvalue weighted by Gasteiger charge is 2.47. The van der Waals surface area contributed by atoms with Gasteiger partial charge in [-0.1, -0.05) is 55.6 Å². The second-order valence-electron chi connectivity index (χ2n) is 7.67. The van der Waals surface area contributed by atoms with Crippen LogP contribution in [0.15, 0.2) is 4.99 Å². The van der Waals surface area contributed by atoms with Crippen molar-refractivity contribution in [1.82, 2.24) is 0 Å². The van der Waals surface area contributed by atoms with Crippen molar-refractivity contribution in [3.05, 3.63) is 0 Å². The normalized spacial score (nSPS) is 23.0. The summed E-state index contributed by atoms with van der Waals surface area (Å²) in [5.41, 5.74) is 0. The van der Waals surface area contributed by atoms with Gasteiger partial charge in [-0.3, -0.25) is 4.79 Å². The Balaban J connectivity index is 2.96. The highest BCUT2D eigenvalue weighted by molar-refractivity contribution is 6.76. The number of alkyl halides is 3. The first-order valence-electron chi connectivity index (χ1n) is 8.34. The largest absolute Gasteiger partial charge is 0.470 e. The molecule has 1 aliphatic heterocycles. The van der Waals surface area contributed by atoms with Crippen molar-refractivity contribution in [1.29, 1.82) is 0 Å². The summed E-state index contributed by atoms with van der Waals surface area (Å²) < 4.78 is 15.4. The second-order valence-corrected chi connectivity index (χ2v) is 14.7. The van der Waals surface area contributed by atoms with Gasteiger partial charge in [-0.15, -0.1) is 0 Å². The monoisotopic (exact) mass is 431 g/mol. The van der Waals surface area contributed by atoms with Crippen molar-refractivity contribution in [2.24, 2.45) is 4.99 Å². The quantitative estimate of drug-likeness (QED) is 0.341. The van der Waals surface area contributed by atoms with E-state index in [0.717, 1.165) is 0 Å². The molecule has 0 aromatic carbocycles. The molecule has 0 radical (unpaired) electrons. The molecule has 0 saturated carbocycles. The van der Waals surface area contributed by atoms with Gasteiger partial charge in [-0.2, -0.15) is 0 Å². The van der Waals surface area contributed by atoms with Crippen molar-refractivity contribution in [3.63, 3.8) is 0 Å². The van der Waals surface area contributed by atoms with Crippen LogP contribution in [0.2, 0.25) is 18.1 Å². The molecular weight excluding hydrogens is 405 g/mol. The summed E-state index contributed by atoms with van der Waals surface area (Å²) in [5.74, 6) is -0.377. The van der Waals surface area contributed by atoms with Gasteiger partial charge < -0.3 is 13.9 Å². The minimum atomic E-state index is -2.03. The molecule has 3 atom stereocenters. The number of nitrogens with zero attached hydrogens (tertiary/aromatic N) is 1. The van der Waals surface area contributed by atoms with E-state index in [1.807, 2.05) is 6.92 Å². The highest BCUT2D eigenvalue weighted by atomic mass is 35.6. The third-order valence-electron chi connectivity index (χ3n) is 4.58. The average molecular weight is 433 g/mol. The van der Waals surface area contributed by atoms with Gasteiger partial charge in [0.1, 0.15) is 12.1 Å². The summed E-state index contributed by atoms with van der Waals surface area (Å²) in [4.78, 5) is 16.2. The van der Waals surface area contributed by atoms with Crippen LogP contribution >= 0.6 is 34.8 Å². The molecule has 0 N–H and O–H groups in total. The molecule has 1 rings (SSSR count). The Kier molecular flexibility index (Phi) is 7.68. The minimum absolute atomic E-state index is 0.0116. The summed E-state index contributed by atoms with van der Waals surface area (Å²) in [7, 11) is -2.03. The molecule has 0 aromatic heterocycles. The summed E-state index contributed by atoms with van der Waals surface area (Å²) in [5, 5.41) is 0.0371. The van der Waals surface area contributed by atoms with Crippen LogP contribution in [0.25, 0.3) is 0 Å². The molecule has 25 heavy (non-hydrogen) atoms. The van der Waals surface area contributed by atoms with E-state index in [-0.39, 0.29) is 29.4 Å². The Morgan fingerprint density at radius 3 is 2.32 bits per heavy atom. The van der Waals surface area contributed by atoms with Crippen LogP contribution in [0.4, 0.5) is 0 Å². The molecule has 0 amide bonds. The number of carbonyl (C=O) groups is 1. The van der Waals surface area contributed by atoms with Gasteiger partial charge in [0.15, 0.2) is 8.32 Å². The van der Waals surface area contributed by atoms with Gasteiger partial charge >= 0.3 is 5.97 Å². The standard InChI is InChI=1S/C16H28Cl3NO4Si/c1-8-22-12(21)9-11-13(23-14(20-11)16(17,18)19)10(2)24-25(6,7)15(3,4)5/h10-11,13H,8-9H2,1-7H3/t10-,11+,13-/m1/s1. The fourth-order valence-electron chi connectivity index (χ4n) is 2.27. The van der Waals surface area contributed by atoms with Crippen molar-refractivity contribution < 1.29 is 18.7 Å². The molecule has 0 aliphatic carbocycles. The van der Waals surface area contributed by atoms with Crippen LogP contribution in [-0.4, -0.2) is 48.8 Å². The maximum absolute atomic E-state index is 11.9. The first-order valence-corrected chi connectivity index (χ1v) is 12.4. The minimum Gasteiger partial charge on any atom is -0.470 e. The Morgan fingerprint density at radius 2 is 1.88 bits per heavy atom. The van der Waals surface area contributed by atoms with Gasteiger partial charge in [0.05, 0.1) is 19.1 Å². The number of esters is 1. The number of halogens is 3. The second kappa shape index (κ2) is 8.34. The Bertz CT molecular complexity index is 514. The molecular formula is C16H28Cl3NO4Si. The van der Waals surface area contributed by atoms with Crippen LogP contribution in [0, 0.1) is 0 Å². The molecule has 9 heteroatoms. The number of hydrogen-bond donors (Lipinski definition) is 0. The van der Waals surface area contributed by atoms with E-state index in [1.165, 1.54) is 0 Å². The van der Waals surface area contributed by atoms with Gasteiger partial charge in [0.2, 0.25) is 5.90 Å². The van der Waals surface area contributed by atoms with Crippen molar-refractivity contribution in [2.45, 2.75) is 81.2 Å². The first kappa shape index (κ1) is 23.0. The number of rotatable bonds is 6. The zero-order chi connectivity index (χ0) is 19.6. The maximum atomic E-state index is 11.9. The zero-order valence-electron chi connectivity index (χ0n) is 15.9. The molecule has 0 saturated heterocycles. The molecule has 0 fully saturated rings. The Labute approximate surface area is 166 Å². The summed E-state index contributed by atoms with van der Waals surface area (Å²) in [6.45, 7) is 14.7. The van der Waals surface area contributed by atoms with E-state index < -0.39 is 24.3 Å². The van der Waals surface area contributed by atoms with Crippen LogP contribution in [0.1, 0.15) is 41.0 Å². The summed E-state index contributed by atoms with van der Waals surface area (Å²) >= 11 is 17.7. The lowest BCUT2D eigenvalue weighted by atomic mass is 10.0. The first-order chi connectivity index (χ1) is 11.2. The molecule has 1 aliphatic rings. The molecule has 0 bridgehead atoms. The van der Waals surface area contributed by atoms with E-state index in [1.54, 1.807) is 6.92 Å². The fourth-order valence-corrected chi connectivity index (χ4v) is 3.97. The van der Waals surface area contributed by atoms with Gasteiger partial charge in [0.25, 0.3) is 3.79 Å². The fraction of sp³-hybridized carbons (Fsp3) is 0.875. The third kappa shape index (κ3) is 6.28. The van der Waals surface area contributed by atoms with E-state index in [4.69, 9.17) is 48.7 Å². The average Bonchev–Trinajstić information content (AvgIpc) is 2.80. The number of ether oxygens (including phenoxy) is 2. The molecule has 146 valence electrons. The topological polar surface area (TPSA) is 57.1 Å². The van der Waals surface area contributed by atoms with Gasteiger partial charge in [0, 0.05) is 0 Å². The maximum Gasteiger partial charge on any atom is 0.308 e. The van der Waals surface area contributed by atoms with E-state index in [0.29, 0.717) is 6.61 Å². The van der Waals surface area contributed by atoms with E-state index in [9.17, 15) is 4.79 Å². The number of aliphatic imine (C=N–C) groups is 1. The van der Waals surface area contributed by atoms with Crippen LogP contribution in [0.5, 0.6) is 0 Å². The molecule has 1 heterocycles. The predicted molar refractivity (Wildman–Crippen MR) is 105 cm³/mol. The van der Waals surface area contributed by atoms with Crippen molar-refractivity contribution in [2.75, 3.05) is 6.61 Å². The lowest BCUT2D eigenvalue weighted by molar-refractivity contribution is -0.144. The third-order valence-corrected chi connectivity index (χ3v) is 9.64. The summed E-state index contributed by atoms with van der Waals surface area (Å²) in [6.07, 6.45) is -0.772. The zero-order valence-corrected chi connectivity index (χ0v) is 19.1. The molecule has 5 nitrogen and oxygen atoms in total. The van der Waals surface area contributed by atoms with E-state index in [2.05, 4.69) is 38.9 Å². The van der Waals surface area contributed by atoms with Crippen LogP contribution in [0.3, 0.4) is 0 Å². The van der Waals surface area contributed by atoms with Crippen LogP contribution < -0.4 is 0 Å². The smallest absolute Gasteiger partial charge is 0.308 e. The number of carbonyl (C=O) groups excluding carboxylic acids is 1. The number of hydrogen-bond acceptors (Lipinski definition) is 5. The predicted octanol–water partition coefficient (Wildman–Crippen LogP) is 4.89. The molecule has 0 spiro atoms. The van der Waals surface area contributed by atoms with Crippen molar-refractivity contribution in [3.8, 4) is 0 Å². The SMILES string of the molecule is CCOC(=O)C[C@@H]1N=C(C(Cl)(Cl)Cl)O[C@@H]1[C@@H](C)O[Si](C)(C)C(C)(C)C. The lowest BCUT2D eigenvalue weighted by Gasteiger charge is -2.40. The van der Waals surface area contributed by atoms with Gasteiger partial charge in [-0.25, -0.2) is 4.99 Å². The highest BCUT2D eigenvalue weighted by Crippen LogP contribution is 2.40. The van der Waals surface area contributed by atoms with Crippen LogP contribution in [-0.2, 0) is 18.7 Å². The Hall–Kier alpha value is -0.0131. The van der Waals surface area contributed by atoms with Gasteiger partial charge in [-0.05, 0) is 32.0 Å². The molecule has 0 unspecified atom stereocenters. The molecule has 0 aromatic rings.